The molecule has 0 aromatic carbocycles. The van der Waals surface area contributed by atoms with Crippen LogP contribution in [0.2, 0.25) is 0 Å². The van der Waals surface area contributed by atoms with Crippen molar-refractivity contribution in [2.45, 2.75) is 180 Å². The molecule has 9 heteroatoms. The first-order chi connectivity index (χ1) is 22.9. The summed E-state index contributed by atoms with van der Waals surface area (Å²) in [5.74, 6) is -0.211. The molecule has 0 bridgehead atoms. The number of carbonyl (C=O) groups excluding carboxylic acids is 1. The van der Waals surface area contributed by atoms with Crippen molar-refractivity contribution in [3.05, 3.63) is 36.5 Å². The molecule has 0 saturated heterocycles. The van der Waals surface area contributed by atoms with Gasteiger partial charge in [-0.05, 0) is 44.9 Å². The number of rotatable bonds is 35. The molecule has 0 fully saturated rings. The third-order valence-corrected chi connectivity index (χ3v) is 9.19. The molecule has 0 radical (unpaired) electrons. The maximum Gasteiger partial charge on any atom is 0.472 e. The van der Waals surface area contributed by atoms with Gasteiger partial charge in [-0.25, -0.2) is 4.57 Å². The molecule has 0 aromatic heterocycles. The van der Waals surface area contributed by atoms with Gasteiger partial charge in [0.25, 0.3) is 0 Å². The van der Waals surface area contributed by atoms with E-state index in [-0.39, 0.29) is 25.7 Å². The van der Waals surface area contributed by atoms with Crippen molar-refractivity contribution in [2.75, 3.05) is 19.8 Å². The molecule has 0 aliphatic heterocycles. The monoisotopic (exact) mass is 685 g/mol. The van der Waals surface area contributed by atoms with Crippen molar-refractivity contribution >= 4 is 13.7 Å². The standard InChI is InChI=1S/C38H73N2O6P/c1-3-5-7-9-11-13-15-17-19-21-23-25-27-29-31-37(41)36(35-46-47(43,44)45-34-33-39)40-38(42)32-30-28-26-24-22-20-18-16-14-12-10-8-6-4-2/h10,12,16,18,29,31,36-37,41H,3-9,11,13-15,17,19-28,30,32-35,39H2,1-2H3,(H,40,42)(H,43,44)/b12-10-,18-16-,31-29+. The maximum atomic E-state index is 12.7. The second-order valence-electron chi connectivity index (χ2n) is 12.8. The smallest absolute Gasteiger partial charge is 0.387 e. The lowest BCUT2D eigenvalue weighted by molar-refractivity contribution is -0.123. The Morgan fingerprint density at radius 1 is 0.702 bits per heavy atom. The van der Waals surface area contributed by atoms with E-state index in [2.05, 4.69) is 43.5 Å². The Bertz CT molecular complexity index is 835. The first-order valence-corrected chi connectivity index (χ1v) is 20.6. The summed E-state index contributed by atoms with van der Waals surface area (Å²) >= 11 is 0. The van der Waals surface area contributed by atoms with E-state index in [1.807, 2.05) is 6.08 Å². The van der Waals surface area contributed by atoms with Crippen LogP contribution in [0.25, 0.3) is 0 Å². The first kappa shape index (κ1) is 45.7. The molecule has 3 atom stereocenters. The molecule has 0 rings (SSSR count). The van der Waals surface area contributed by atoms with Gasteiger partial charge in [-0.1, -0.05) is 153 Å². The third-order valence-electron chi connectivity index (χ3n) is 8.21. The molecule has 0 spiro atoms. The van der Waals surface area contributed by atoms with Crippen LogP contribution in [-0.4, -0.2) is 47.8 Å². The Labute approximate surface area is 289 Å². The van der Waals surface area contributed by atoms with Gasteiger partial charge in [0.1, 0.15) is 0 Å². The van der Waals surface area contributed by atoms with Gasteiger partial charge in [-0.15, -0.1) is 0 Å². The van der Waals surface area contributed by atoms with Crippen LogP contribution in [0.3, 0.4) is 0 Å². The number of nitrogens with two attached hydrogens (primary N) is 1. The summed E-state index contributed by atoms with van der Waals surface area (Å²) in [4.78, 5) is 22.6. The molecule has 3 unspecified atom stereocenters. The van der Waals surface area contributed by atoms with Crippen LogP contribution in [0.1, 0.15) is 168 Å². The first-order valence-electron chi connectivity index (χ1n) is 19.1. The van der Waals surface area contributed by atoms with Crippen LogP contribution < -0.4 is 11.1 Å². The number of nitrogens with one attached hydrogen (secondary N) is 1. The number of amides is 1. The van der Waals surface area contributed by atoms with Crippen molar-refractivity contribution in [2.24, 2.45) is 5.73 Å². The summed E-state index contributed by atoms with van der Waals surface area (Å²) in [6.45, 7) is 4.06. The predicted molar refractivity (Wildman–Crippen MR) is 198 cm³/mol. The summed E-state index contributed by atoms with van der Waals surface area (Å²) < 4.78 is 22.0. The van der Waals surface area contributed by atoms with E-state index in [1.165, 1.54) is 83.5 Å². The van der Waals surface area contributed by atoms with Gasteiger partial charge in [0.2, 0.25) is 5.91 Å². The van der Waals surface area contributed by atoms with Gasteiger partial charge in [-0.3, -0.25) is 13.8 Å². The lowest BCUT2D eigenvalue weighted by Gasteiger charge is -2.23. The number of phosphoric acid groups is 1. The Hall–Kier alpha value is -1.28. The van der Waals surface area contributed by atoms with Crippen LogP contribution in [0.5, 0.6) is 0 Å². The number of phosphoric ester groups is 1. The molecule has 5 N–H and O–H groups in total. The lowest BCUT2D eigenvalue weighted by Crippen LogP contribution is -2.45. The van der Waals surface area contributed by atoms with Gasteiger partial charge >= 0.3 is 7.82 Å². The average molecular weight is 685 g/mol. The summed E-state index contributed by atoms with van der Waals surface area (Å²) in [5, 5.41) is 13.6. The van der Waals surface area contributed by atoms with Crippen molar-refractivity contribution in [3.63, 3.8) is 0 Å². The molecule has 0 aromatic rings. The fraction of sp³-hybridized carbons (Fsp3) is 0.816. The lowest BCUT2D eigenvalue weighted by atomic mass is 10.0. The summed E-state index contributed by atoms with van der Waals surface area (Å²) in [5.41, 5.74) is 5.35. The highest BCUT2D eigenvalue weighted by Gasteiger charge is 2.26. The average Bonchev–Trinajstić information content (AvgIpc) is 3.05. The van der Waals surface area contributed by atoms with Gasteiger partial charge < -0.3 is 21.1 Å². The van der Waals surface area contributed by atoms with E-state index in [0.29, 0.717) is 6.42 Å². The van der Waals surface area contributed by atoms with Crippen LogP contribution in [0.15, 0.2) is 36.5 Å². The van der Waals surface area contributed by atoms with Crippen molar-refractivity contribution in [3.8, 4) is 0 Å². The molecule has 276 valence electrons. The number of hydrogen-bond donors (Lipinski definition) is 4. The normalized spacial score (nSPS) is 14.7. The largest absolute Gasteiger partial charge is 0.472 e. The minimum Gasteiger partial charge on any atom is -0.387 e. The zero-order chi connectivity index (χ0) is 34.7. The Morgan fingerprint density at radius 2 is 1.19 bits per heavy atom. The molecular formula is C38H73N2O6P. The fourth-order valence-corrected chi connectivity index (χ4v) is 6.02. The quantitative estimate of drug-likeness (QED) is 0.0297. The van der Waals surface area contributed by atoms with E-state index in [0.717, 1.165) is 64.2 Å². The summed E-state index contributed by atoms with van der Waals surface area (Å²) in [7, 11) is -4.33. The maximum absolute atomic E-state index is 12.7. The van der Waals surface area contributed by atoms with Gasteiger partial charge in [-0.2, -0.15) is 0 Å². The molecule has 8 nitrogen and oxygen atoms in total. The van der Waals surface area contributed by atoms with Crippen molar-refractivity contribution < 1.29 is 28.4 Å². The number of hydrogen-bond acceptors (Lipinski definition) is 6. The molecule has 1 amide bonds. The van der Waals surface area contributed by atoms with Crippen molar-refractivity contribution in [1.29, 1.82) is 0 Å². The highest BCUT2D eigenvalue weighted by Crippen LogP contribution is 2.43. The molecule has 0 heterocycles. The molecule has 47 heavy (non-hydrogen) atoms. The van der Waals surface area contributed by atoms with Crippen LogP contribution >= 0.6 is 7.82 Å². The zero-order valence-corrected chi connectivity index (χ0v) is 31.2. The number of aliphatic hydroxyl groups excluding tert-OH is 1. The van der Waals surface area contributed by atoms with E-state index in [1.54, 1.807) is 6.08 Å². The summed E-state index contributed by atoms with van der Waals surface area (Å²) in [6.07, 6.45) is 38.9. The second-order valence-corrected chi connectivity index (χ2v) is 14.2. The molecular weight excluding hydrogens is 611 g/mol. The highest BCUT2D eigenvalue weighted by atomic mass is 31.2. The minimum absolute atomic E-state index is 0.0754. The molecule has 0 aliphatic rings. The second kappa shape index (κ2) is 34.6. The van der Waals surface area contributed by atoms with E-state index < -0.39 is 20.0 Å². The fourth-order valence-electron chi connectivity index (χ4n) is 5.26. The Balaban J connectivity index is 4.35. The number of aliphatic hydroxyl groups is 1. The Morgan fingerprint density at radius 3 is 1.74 bits per heavy atom. The third kappa shape index (κ3) is 33.0. The zero-order valence-electron chi connectivity index (χ0n) is 30.3. The number of allylic oxidation sites excluding steroid dienone is 5. The molecule has 0 saturated carbocycles. The summed E-state index contributed by atoms with van der Waals surface area (Å²) in [6, 6.07) is -0.865. The van der Waals surface area contributed by atoms with E-state index in [4.69, 9.17) is 14.8 Å². The minimum atomic E-state index is -4.33. The Kier molecular flexibility index (Phi) is 33.6. The van der Waals surface area contributed by atoms with Crippen LogP contribution in [-0.2, 0) is 18.4 Å². The number of unbranched alkanes of at least 4 members (excludes halogenated alkanes) is 19. The number of carbonyl (C=O) groups is 1. The van der Waals surface area contributed by atoms with E-state index >= 15 is 0 Å². The van der Waals surface area contributed by atoms with Gasteiger partial charge in [0.05, 0.1) is 25.4 Å². The van der Waals surface area contributed by atoms with Crippen LogP contribution in [0.4, 0.5) is 0 Å². The SMILES string of the molecule is CCCC/C=C\C/C=C\CCCCCCCC(=O)NC(COP(=O)(O)OCCN)C(O)/C=C/CCCCCCCCCCCCCC. The van der Waals surface area contributed by atoms with Crippen LogP contribution in [0, 0.1) is 0 Å². The van der Waals surface area contributed by atoms with Gasteiger partial charge in [0, 0.05) is 13.0 Å². The van der Waals surface area contributed by atoms with E-state index in [9.17, 15) is 19.4 Å². The topological polar surface area (TPSA) is 131 Å². The van der Waals surface area contributed by atoms with Crippen molar-refractivity contribution in [1.82, 2.24) is 5.32 Å². The predicted octanol–water partition coefficient (Wildman–Crippen LogP) is 10.00. The highest BCUT2D eigenvalue weighted by molar-refractivity contribution is 7.47. The molecule has 0 aliphatic carbocycles. The van der Waals surface area contributed by atoms with Gasteiger partial charge in [0.15, 0.2) is 0 Å².